The second kappa shape index (κ2) is 7.01. The van der Waals surface area contributed by atoms with Crippen LogP contribution in [0.15, 0.2) is 30.5 Å². The minimum absolute atomic E-state index is 0.253. The van der Waals surface area contributed by atoms with Crippen molar-refractivity contribution >= 4 is 22.4 Å². The van der Waals surface area contributed by atoms with Gasteiger partial charge < -0.3 is 0 Å². The lowest BCUT2D eigenvalue weighted by atomic mass is 10.0. The lowest BCUT2D eigenvalue weighted by molar-refractivity contribution is -0.143. The molecule has 0 fully saturated rings. The molecule has 0 bridgehead atoms. The summed E-state index contributed by atoms with van der Waals surface area (Å²) in [6.45, 7) is 0. The third kappa shape index (κ3) is 3.39. The Morgan fingerprint density at radius 3 is 2.64 bits per heavy atom. The molecule has 0 saturated heterocycles. The first-order valence-electron chi connectivity index (χ1n) is 8.54. The fourth-order valence-corrected chi connectivity index (χ4v) is 4.21. The predicted molar refractivity (Wildman–Crippen MR) is 95.2 cm³/mol. The van der Waals surface area contributed by atoms with E-state index < -0.39 is 34.8 Å². The molecule has 3 aromatic rings. The Balaban J connectivity index is 1.70. The van der Waals surface area contributed by atoms with Crippen LogP contribution in [0.5, 0.6) is 0 Å². The van der Waals surface area contributed by atoms with Gasteiger partial charge in [0.2, 0.25) is 0 Å². The van der Waals surface area contributed by atoms with Crippen molar-refractivity contribution in [2.75, 3.05) is 5.32 Å². The highest BCUT2D eigenvalue weighted by Gasteiger charge is 2.41. The van der Waals surface area contributed by atoms with E-state index in [9.17, 15) is 22.4 Å². The maximum absolute atomic E-state index is 14.0. The van der Waals surface area contributed by atoms with Crippen LogP contribution in [0.1, 0.15) is 39.5 Å². The van der Waals surface area contributed by atoms with Crippen LogP contribution < -0.4 is 5.32 Å². The van der Waals surface area contributed by atoms with Crippen molar-refractivity contribution in [2.45, 2.75) is 31.9 Å². The van der Waals surface area contributed by atoms with Gasteiger partial charge in [0.25, 0.3) is 5.91 Å². The van der Waals surface area contributed by atoms with Gasteiger partial charge in [-0.3, -0.25) is 10.1 Å². The number of para-hydroxylation sites is 1. The van der Waals surface area contributed by atoms with Gasteiger partial charge in [-0.25, -0.2) is 14.1 Å². The van der Waals surface area contributed by atoms with Crippen molar-refractivity contribution in [3.63, 3.8) is 0 Å². The number of hydrogen-bond acceptors (Lipinski definition) is 4. The van der Waals surface area contributed by atoms with Gasteiger partial charge >= 0.3 is 6.18 Å². The lowest BCUT2D eigenvalue weighted by Crippen LogP contribution is -2.21. The van der Waals surface area contributed by atoms with E-state index >= 15 is 0 Å². The normalized spacial score (nSPS) is 14.0. The van der Waals surface area contributed by atoms with E-state index in [0.717, 1.165) is 54.6 Å². The van der Waals surface area contributed by atoms with Crippen molar-refractivity contribution in [2.24, 2.45) is 0 Å². The second-order valence-corrected chi connectivity index (χ2v) is 7.40. The zero-order valence-corrected chi connectivity index (χ0v) is 15.2. The second-order valence-electron chi connectivity index (χ2n) is 6.32. The van der Waals surface area contributed by atoms with Crippen LogP contribution in [-0.4, -0.2) is 20.7 Å². The van der Waals surface area contributed by atoms with Gasteiger partial charge in [0, 0.05) is 4.88 Å². The average Bonchev–Trinajstić information content (AvgIpc) is 3.25. The molecule has 0 radical (unpaired) electrons. The van der Waals surface area contributed by atoms with Crippen molar-refractivity contribution in [1.82, 2.24) is 14.8 Å². The molecule has 1 amide bonds. The SMILES string of the molecule is O=C(Nc1nc2c(s1)CCCC2)c1cnn(-c2ccccc2F)c1C(F)(F)F. The number of thiazole rings is 1. The van der Waals surface area contributed by atoms with Crippen LogP contribution in [0.4, 0.5) is 22.7 Å². The lowest BCUT2D eigenvalue weighted by Gasteiger charge is -2.13. The molecule has 5 nitrogen and oxygen atoms in total. The molecule has 28 heavy (non-hydrogen) atoms. The molecule has 1 aliphatic rings. The van der Waals surface area contributed by atoms with Crippen molar-refractivity contribution in [3.8, 4) is 5.69 Å². The van der Waals surface area contributed by atoms with Crippen LogP contribution >= 0.6 is 11.3 Å². The van der Waals surface area contributed by atoms with E-state index in [1.54, 1.807) is 0 Å². The third-order valence-corrected chi connectivity index (χ3v) is 5.50. The van der Waals surface area contributed by atoms with Gasteiger partial charge in [-0.2, -0.15) is 18.3 Å². The highest BCUT2D eigenvalue weighted by atomic mass is 32.1. The van der Waals surface area contributed by atoms with Crippen LogP contribution in [0.2, 0.25) is 0 Å². The number of nitrogens with one attached hydrogen (secondary N) is 1. The first-order chi connectivity index (χ1) is 13.3. The molecule has 1 aliphatic carbocycles. The number of aryl methyl sites for hydroxylation is 2. The Morgan fingerprint density at radius 2 is 1.93 bits per heavy atom. The number of carbonyl (C=O) groups excluding carboxylic acids is 1. The molecule has 1 N–H and O–H groups in total. The number of benzene rings is 1. The van der Waals surface area contributed by atoms with Crippen molar-refractivity contribution < 1.29 is 22.4 Å². The van der Waals surface area contributed by atoms with E-state index in [-0.39, 0.29) is 5.13 Å². The standard InChI is InChI=1S/C18H14F4N4OS/c19-11-5-1-3-7-13(11)26-15(18(20,21)22)10(9-23-26)16(27)25-17-24-12-6-2-4-8-14(12)28-17/h1,3,5,7,9H,2,4,6,8H2,(H,24,25,27). The summed E-state index contributed by atoms with van der Waals surface area (Å²) < 4.78 is 55.4. The van der Waals surface area contributed by atoms with Crippen LogP contribution in [0.3, 0.4) is 0 Å². The minimum atomic E-state index is -4.91. The number of amides is 1. The third-order valence-electron chi connectivity index (χ3n) is 4.43. The number of anilines is 1. The van der Waals surface area contributed by atoms with Gasteiger partial charge in [0.05, 0.1) is 17.5 Å². The molecular weight excluding hydrogens is 396 g/mol. The number of alkyl halides is 3. The van der Waals surface area contributed by atoms with Crippen LogP contribution in [0.25, 0.3) is 5.69 Å². The number of nitrogens with zero attached hydrogens (tertiary/aromatic N) is 3. The van der Waals surface area contributed by atoms with E-state index in [1.807, 2.05) is 0 Å². The molecule has 1 aromatic carbocycles. The summed E-state index contributed by atoms with van der Waals surface area (Å²) in [4.78, 5) is 17.9. The highest BCUT2D eigenvalue weighted by molar-refractivity contribution is 7.15. The maximum Gasteiger partial charge on any atom is 0.434 e. The summed E-state index contributed by atoms with van der Waals surface area (Å²) in [6.07, 6.45) is -0.456. The summed E-state index contributed by atoms with van der Waals surface area (Å²) in [7, 11) is 0. The largest absolute Gasteiger partial charge is 0.434 e. The topological polar surface area (TPSA) is 59.8 Å². The molecule has 0 unspecified atom stereocenters. The Morgan fingerprint density at radius 1 is 1.18 bits per heavy atom. The molecule has 4 rings (SSSR count). The number of aromatic nitrogens is 3. The Labute approximate surface area is 161 Å². The molecule has 0 atom stereocenters. The minimum Gasteiger partial charge on any atom is -0.298 e. The molecule has 2 heterocycles. The Hall–Kier alpha value is -2.75. The average molecular weight is 410 g/mol. The van der Waals surface area contributed by atoms with E-state index in [1.165, 1.54) is 23.5 Å². The van der Waals surface area contributed by atoms with E-state index in [0.29, 0.717) is 4.68 Å². The maximum atomic E-state index is 14.0. The van der Waals surface area contributed by atoms with Crippen molar-refractivity contribution in [1.29, 1.82) is 0 Å². The molecule has 0 spiro atoms. The number of rotatable bonds is 3. The number of fused-ring (bicyclic) bond motifs is 1. The number of halogens is 4. The zero-order chi connectivity index (χ0) is 19.9. The summed E-state index contributed by atoms with van der Waals surface area (Å²) >= 11 is 1.27. The molecule has 2 aromatic heterocycles. The first kappa shape index (κ1) is 18.6. The zero-order valence-electron chi connectivity index (χ0n) is 14.4. The molecular formula is C18H14F4N4OS. The molecule has 0 saturated carbocycles. The van der Waals surface area contributed by atoms with Gasteiger partial charge in [-0.15, -0.1) is 11.3 Å². The predicted octanol–water partition coefficient (Wildman–Crippen LogP) is 4.62. The fraction of sp³-hybridized carbons (Fsp3) is 0.278. The summed E-state index contributed by atoms with van der Waals surface area (Å²) in [5, 5.41) is 6.30. The highest BCUT2D eigenvalue weighted by Crippen LogP contribution is 2.35. The molecule has 10 heteroatoms. The van der Waals surface area contributed by atoms with Crippen LogP contribution in [-0.2, 0) is 19.0 Å². The van der Waals surface area contributed by atoms with Gasteiger partial charge in [-0.1, -0.05) is 12.1 Å². The smallest absolute Gasteiger partial charge is 0.298 e. The van der Waals surface area contributed by atoms with Gasteiger partial charge in [-0.05, 0) is 37.8 Å². The van der Waals surface area contributed by atoms with Gasteiger partial charge in [0.15, 0.2) is 10.8 Å². The Kier molecular flexibility index (Phi) is 4.66. The monoisotopic (exact) mass is 410 g/mol. The summed E-state index contributed by atoms with van der Waals surface area (Å²) in [5.74, 6) is -1.86. The van der Waals surface area contributed by atoms with Crippen LogP contribution in [0, 0.1) is 5.82 Å². The Bertz CT molecular complexity index is 1020. The molecule has 0 aliphatic heterocycles. The number of carbonyl (C=O) groups is 1. The fourth-order valence-electron chi connectivity index (χ4n) is 3.16. The quantitative estimate of drug-likeness (QED) is 0.641. The first-order valence-corrected chi connectivity index (χ1v) is 9.36. The summed E-state index contributed by atoms with van der Waals surface area (Å²) in [6, 6.07) is 4.93. The van der Waals surface area contributed by atoms with E-state index in [2.05, 4.69) is 15.4 Å². The van der Waals surface area contributed by atoms with Gasteiger partial charge in [0.1, 0.15) is 11.5 Å². The van der Waals surface area contributed by atoms with Crippen molar-refractivity contribution in [3.05, 3.63) is 58.1 Å². The van der Waals surface area contributed by atoms with E-state index in [4.69, 9.17) is 0 Å². The summed E-state index contributed by atoms with van der Waals surface area (Å²) in [5.41, 5.74) is -1.54. The molecule has 146 valence electrons. The number of hydrogen-bond donors (Lipinski definition) is 1.